The number of hydrogen-bond donors (Lipinski definition) is 1. The molecule has 27 heavy (non-hydrogen) atoms. The normalized spacial score (nSPS) is 18.3. The minimum atomic E-state index is -3.88. The highest BCUT2D eigenvalue weighted by atomic mass is 35.5. The van der Waals surface area contributed by atoms with Gasteiger partial charge in [-0.3, -0.25) is 0 Å². The summed E-state index contributed by atoms with van der Waals surface area (Å²) in [5.41, 5.74) is 0.199. The van der Waals surface area contributed by atoms with Crippen molar-refractivity contribution >= 4 is 21.6 Å². The molecule has 0 radical (unpaired) electrons. The monoisotopic (exact) mass is 411 g/mol. The Morgan fingerprint density at radius 3 is 2.56 bits per heavy atom. The summed E-state index contributed by atoms with van der Waals surface area (Å²) in [6.45, 7) is 3.83. The molecule has 146 valence electrons. The molecular weight excluding hydrogens is 390 g/mol. The Morgan fingerprint density at radius 1 is 1.15 bits per heavy atom. The van der Waals surface area contributed by atoms with E-state index in [9.17, 15) is 8.42 Å². The first kappa shape index (κ1) is 19.8. The zero-order chi connectivity index (χ0) is 19.8. The average molecular weight is 412 g/mol. The summed E-state index contributed by atoms with van der Waals surface area (Å²) in [4.78, 5) is -0.00291. The van der Waals surface area contributed by atoms with Gasteiger partial charge in [0.2, 0.25) is 10.0 Å². The number of nitrogens with one attached hydrogen (secondary N) is 1. The van der Waals surface area contributed by atoms with Crippen molar-refractivity contribution in [3.05, 3.63) is 47.0 Å². The van der Waals surface area contributed by atoms with Crippen LogP contribution >= 0.6 is 11.6 Å². The number of fused-ring (bicyclic) bond motifs is 1. The van der Waals surface area contributed by atoms with Crippen LogP contribution in [0.15, 0.2) is 41.3 Å². The molecule has 1 heterocycles. The maximum Gasteiger partial charge on any atom is 0.244 e. The van der Waals surface area contributed by atoms with Crippen LogP contribution in [0, 0.1) is 0 Å². The van der Waals surface area contributed by atoms with Gasteiger partial charge in [0.25, 0.3) is 0 Å². The summed E-state index contributed by atoms with van der Waals surface area (Å²) < 4.78 is 45.4. The van der Waals surface area contributed by atoms with Gasteiger partial charge in [0.05, 0.1) is 20.3 Å². The second-order valence-corrected chi connectivity index (χ2v) is 9.06. The number of hydrogen-bond acceptors (Lipinski definition) is 5. The van der Waals surface area contributed by atoms with Gasteiger partial charge < -0.3 is 14.2 Å². The third kappa shape index (κ3) is 4.15. The number of ether oxygens (including phenoxy) is 3. The van der Waals surface area contributed by atoms with Crippen molar-refractivity contribution in [1.29, 1.82) is 0 Å². The maximum atomic E-state index is 13.1. The van der Waals surface area contributed by atoms with E-state index in [1.165, 1.54) is 19.2 Å². The van der Waals surface area contributed by atoms with Gasteiger partial charge in [-0.25, -0.2) is 13.1 Å². The van der Waals surface area contributed by atoms with E-state index in [-0.39, 0.29) is 10.6 Å². The van der Waals surface area contributed by atoms with Crippen LogP contribution in [-0.4, -0.2) is 28.2 Å². The zero-order valence-electron chi connectivity index (χ0n) is 15.6. The van der Waals surface area contributed by atoms with Gasteiger partial charge in [-0.05, 0) is 38.1 Å². The molecule has 0 unspecified atom stereocenters. The second-order valence-electron chi connectivity index (χ2n) is 6.94. The van der Waals surface area contributed by atoms with Gasteiger partial charge in [-0.2, -0.15) is 0 Å². The Labute approximate surface area is 164 Å². The summed E-state index contributed by atoms with van der Waals surface area (Å²) >= 11 is 6.00. The maximum absolute atomic E-state index is 13.1. The quantitative estimate of drug-likeness (QED) is 0.806. The smallest absolute Gasteiger partial charge is 0.244 e. The molecule has 0 amide bonds. The number of halogens is 1. The lowest BCUT2D eigenvalue weighted by molar-refractivity contribution is 0.0698. The summed E-state index contributed by atoms with van der Waals surface area (Å²) in [5, 5.41) is 0.314. The molecule has 8 heteroatoms. The number of rotatable bonds is 5. The van der Waals surface area contributed by atoms with Crippen molar-refractivity contribution in [2.24, 2.45) is 0 Å². The molecule has 1 aliphatic heterocycles. The van der Waals surface area contributed by atoms with Gasteiger partial charge in [0.1, 0.15) is 27.7 Å². The van der Waals surface area contributed by atoms with Crippen LogP contribution in [0.25, 0.3) is 0 Å². The fraction of sp³-hybridized carbons (Fsp3) is 0.368. The highest BCUT2D eigenvalue weighted by Gasteiger charge is 2.37. The molecule has 1 aliphatic rings. The lowest BCUT2D eigenvalue weighted by Crippen LogP contribution is -2.41. The minimum Gasteiger partial charge on any atom is -0.497 e. The molecule has 0 aliphatic carbocycles. The highest BCUT2D eigenvalue weighted by Crippen LogP contribution is 2.42. The van der Waals surface area contributed by atoms with Crippen LogP contribution in [0.2, 0.25) is 5.02 Å². The second kappa shape index (κ2) is 7.22. The molecule has 0 aromatic heterocycles. The Kier molecular flexibility index (Phi) is 5.29. The summed E-state index contributed by atoms with van der Waals surface area (Å²) in [5.74, 6) is 1.47. The summed E-state index contributed by atoms with van der Waals surface area (Å²) in [7, 11) is -0.891. The molecule has 6 nitrogen and oxygen atoms in total. The van der Waals surface area contributed by atoms with Crippen LogP contribution in [-0.2, 0) is 10.0 Å². The van der Waals surface area contributed by atoms with Crippen LogP contribution < -0.4 is 18.9 Å². The first-order chi connectivity index (χ1) is 12.6. The molecule has 0 saturated heterocycles. The van der Waals surface area contributed by atoms with E-state index >= 15 is 0 Å². The predicted molar refractivity (Wildman–Crippen MR) is 103 cm³/mol. The van der Waals surface area contributed by atoms with Crippen molar-refractivity contribution in [3.8, 4) is 17.2 Å². The van der Waals surface area contributed by atoms with E-state index in [1.54, 1.807) is 25.3 Å². The Bertz CT molecular complexity index is 959. The third-order valence-electron chi connectivity index (χ3n) is 4.39. The van der Waals surface area contributed by atoms with E-state index in [0.29, 0.717) is 22.9 Å². The van der Waals surface area contributed by atoms with Gasteiger partial charge in [0, 0.05) is 23.1 Å². The van der Waals surface area contributed by atoms with Crippen molar-refractivity contribution in [3.63, 3.8) is 0 Å². The molecule has 2 aromatic rings. The highest BCUT2D eigenvalue weighted by molar-refractivity contribution is 7.89. The molecule has 3 rings (SSSR count). The average Bonchev–Trinajstić information content (AvgIpc) is 2.59. The van der Waals surface area contributed by atoms with Gasteiger partial charge in [0.15, 0.2) is 0 Å². The SMILES string of the molecule is COc1ccc2c(c1)OC(C)(C)C[C@@H]2NS(=O)(=O)c1cc(Cl)ccc1OC. The van der Waals surface area contributed by atoms with E-state index in [1.807, 2.05) is 19.9 Å². The predicted octanol–water partition coefficient (Wildman–Crippen LogP) is 3.94. The number of sulfonamides is 1. The lowest BCUT2D eigenvalue weighted by Gasteiger charge is -2.37. The van der Waals surface area contributed by atoms with Crippen LogP contribution in [0.1, 0.15) is 31.9 Å². The van der Waals surface area contributed by atoms with Gasteiger partial charge >= 0.3 is 0 Å². The Balaban J connectivity index is 2.01. The lowest BCUT2D eigenvalue weighted by atomic mass is 9.90. The van der Waals surface area contributed by atoms with Crippen molar-refractivity contribution in [1.82, 2.24) is 4.72 Å². The third-order valence-corrected chi connectivity index (χ3v) is 6.12. The molecule has 2 aromatic carbocycles. The largest absolute Gasteiger partial charge is 0.497 e. The number of benzene rings is 2. The molecule has 1 N–H and O–H groups in total. The Hall–Kier alpha value is -1.96. The Morgan fingerprint density at radius 2 is 1.89 bits per heavy atom. The van der Waals surface area contributed by atoms with Gasteiger partial charge in [-0.1, -0.05) is 17.7 Å². The van der Waals surface area contributed by atoms with E-state index in [0.717, 1.165) is 5.56 Å². The van der Waals surface area contributed by atoms with Gasteiger partial charge in [-0.15, -0.1) is 0 Å². The standard InChI is InChI=1S/C19H22ClNO5S/c1-19(2)11-15(14-7-6-13(24-3)10-17(14)26-19)21-27(22,23)18-9-12(20)5-8-16(18)25-4/h5-10,15,21H,11H2,1-4H3/t15-/m0/s1. The molecule has 0 bridgehead atoms. The van der Waals surface area contributed by atoms with E-state index < -0.39 is 21.7 Å². The van der Waals surface area contributed by atoms with Crippen molar-refractivity contribution < 1.29 is 22.6 Å². The molecule has 1 atom stereocenters. The van der Waals surface area contributed by atoms with Crippen molar-refractivity contribution in [2.75, 3.05) is 14.2 Å². The summed E-state index contributed by atoms with van der Waals surface area (Å²) in [6.07, 6.45) is 0.467. The molecule has 0 saturated carbocycles. The topological polar surface area (TPSA) is 73.9 Å². The molecule has 0 fully saturated rings. The summed E-state index contributed by atoms with van der Waals surface area (Å²) in [6, 6.07) is 9.37. The fourth-order valence-electron chi connectivity index (χ4n) is 3.18. The van der Waals surface area contributed by atoms with Crippen molar-refractivity contribution in [2.45, 2.75) is 36.8 Å². The zero-order valence-corrected chi connectivity index (χ0v) is 17.1. The van der Waals surface area contributed by atoms with E-state index in [4.69, 9.17) is 25.8 Å². The molecule has 0 spiro atoms. The number of methoxy groups -OCH3 is 2. The van der Waals surface area contributed by atoms with E-state index in [2.05, 4.69) is 4.72 Å². The van der Waals surface area contributed by atoms with Crippen LogP contribution in [0.4, 0.5) is 0 Å². The first-order valence-electron chi connectivity index (χ1n) is 8.38. The van der Waals surface area contributed by atoms with Crippen LogP contribution in [0.3, 0.4) is 0 Å². The first-order valence-corrected chi connectivity index (χ1v) is 10.2. The van der Waals surface area contributed by atoms with Crippen LogP contribution in [0.5, 0.6) is 17.2 Å². The molecular formula is C19H22ClNO5S. The fourth-order valence-corrected chi connectivity index (χ4v) is 4.82. The minimum absolute atomic E-state index is 0.00291.